The summed E-state index contributed by atoms with van der Waals surface area (Å²) >= 11 is 0. The van der Waals surface area contributed by atoms with Crippen molar-refractivity contribution in [3.63, 3.8) is 0 Å². The Morgan fingerprint density at radius 3 is 1.38 bits per heavy atom. The van der Waals surface area contributed by atoms with E-state index in [1.54, 1.807) is 0 Å². The molecule has 9 rings (SSSR count). The molecule has 5 N–H and O–H groups in total. The molecule has 0 saturated carbocycles. The lowest BCUT2D eigenvalue weighted by Crippen LogP contribution is -2.10. The van der Waals surface area contributed by atoms with Crippen LogP contribution in [0.15, 0.2) is 53.9 Å². The van der Waals surface area contributed by atoms with E-state index in [9.17, 15) is 44.7 Å². The van der Waals surface area contributed by atoms with Gasteiger partial charge in [0.05, 0.1) is 26.9 Å². The molecule has 190 valence electrons. The lowest BCUT2D eigenvalue weighted by molar-refractivity contribution is 0.455. The minimum atomic E-state index is -1.08. The number of hydrogen-bond donors (Lipinski definition) is 5. The van der Waals surface area contributed by atoms with Crippen molar-refractivity contribution in [1.29, 1.82) is 0 Å². The number of phenols is 5. The zero-order valence-electron chi connectivity index (χ0n) is 19.7. The number of aromatic hydroxyl groups is 5. The minimum Gasteiger partial charge on any atom is -0.507 e. The average molecular weight is 530 g/mol. The summed E-state index contributed by atoms with van der Waals surface area (Å²) < 4.78 is 5.05. The molecule has 8 aromatic carbocycles. The second-order valence-corrected chi connectivity index (χ2v) is 10.1. The van der Waals surface area contributed by atoms with Gasteiger partial charge in [-0.05, 0) is 18.2 Å². The molecule has 0 aliphatic rings. The van der Waals surface area contributed by atoms with Crippen LogP contribution in [0.1, 0.15) is 0 Å². The Kier molecular flexibility index (Phi) is 3.19. The summed E-state index contributed by atoms with van der Waals surface area (Å²) in [5.41, 5.74) is -3.56. The molecule has 0 atom stereocenters. The van der Waals surface area contributed by atoms with Gasteiger partial charge in [-0.15, -0.1) is 0 Å². The predicted octanol–water partition coefficient (Wildman–Crippen LogP) is 3.66. The Labute approximate surface area is 216 Å². The molecule has 9 aromatic rings. The fraction of sp³-hybridized carbons (Fsp3) is 0. The number of fused-ring (bicyclic) bond motifs is 1. The smallest absolute Gasteiger partial charge is 0.346 e. The van der Waals surface area contributed by atoms with Crippen molar-refractivity contribution in [3.8, 4) is 28.7 Å². The third-order valence-corrected chi connectivity index (χ3v) is 8.38. The van der Waals surface area contributed by atoms with E-state index >= 15 is 0 Å². The van der Waals surface area contributed by atoms with Crippen molar-refractivity contribution < 1.29 is 29.9 Å². The van der Waals surface area contributed by atoms with Crippen LogP contribution in [0.4, 0.5) is 0 Å². The van der Waals surface area contributed by atoms with E-state index in [0.29, 0.717) is 0 Å². The summed E-state index contributed by atoms with van der Waals surface area (Å²) in [5, 5.41) is 54.8. The van der Waals surface area contributed by atoms with Crippen molar-refractivity contribution in [3.05, 3.63) is 71.6 Å². The predicted molar refractivity (Wildman–Crippen MR) is 148 cm³/mol. The molecule has 10 heteroatoms. The molecular weight excluding hydrogens is 520 g/mol. The molecular formula is C30H10O10. The van der Waals surface area contributed by atoms with E-state index < -0.39 is 50.9 Å². The van der Waals surface area contributed by atoms with Crippen molar-refractivity contribution in [1.82, 2.24) is 0 Å². The third-order valence-electron chi connectivity index (χ3n) is 8.38. The molecule has 1 heterocycles. The number of rotatable bonds is 0. The topological polar surface area (TPSA) is 183 Å². The second-order valence-electron chi connectivity index (χ2n) is 10.1. The van der Waals surface area contributed by atoms with Crippen LogP contribution in [-0.4, -0.2) is 25.5 Å². The summed E-state index contributed by atoms with van der Waals surface area (Å²) in [7, 11) is 0. The van der Waals surface area contributed by atoms with Crippen molar-refractivity contribution in [2.24, 2.45) is 0 Å². The molecule has 0 radical (unpaired) electrons. The lowest BCUT2D eigenvalue weighted by Gasteiger charge is -2.23. The van der Waals surface area contributed by atoms with Gasteiger partial charge in [0.1, 0.15) is 28.7 Å². The van der Waals surface area contributed by atoms with Gasteiger partial charge in [0, 0.05) is 71.4 Å². The SMILES string of the molecule is O=c1oc(=O)c2cc(O)c3c(=O)c4c(O)cc(O)c5c6c(O)cc(O)c7c(=O)c8ccc1c1c2c3c(c45)c(c76)c81. The Hall–Kier alpha value is -5.90. The van der Waals surface area contributed by atoms with E-state index in [2.05, 4.69) is 0 Å². The van der Waals surface area contributed by atoms with Crippen LogP contribution < -0.4 is 22.1 Å². The normalized spacial score (nSPS) is 12.9. The van der Waals surface area contributed by atoms with Gasteiger partial charge in [-0.2, -0.15) is 0 Å². The summed E-state index contributed by atoms with van der Waals surface area (Å²) in [6, 6.07) is 5.57. The molecule has 0 spiro atoms. The Bertz CT molecular complexity index is 2890. The largest absolute Gasteiger partial charge is 0.507 e. The van der Waals surface area contributed by atoms with E-state index in [4.69, 9.17) is 4.42 Å². The van der Waals surface area contributed by atoms with Gasteiger partial charge < -0.3 is 29.9 Å². The number of benzene rings is 8. The van der Waals surface area contributed by atoms with Crippen LogP contribution in [0.2, 0.25) is 0 Å². The van der Waals surface area contributed by atoms with Gasteiger partial charge >= 0.3 is 11.3 Å². The standard InChI is InChI=1S/C30H10O10/c31-9-3-8-16-15-7(29(38)40-30(8)39)2-1-6-14(15)23-24-17(10(32)4-12(34)19(24)27(6)36)18-11(33)5-13(35)21-25(18)26(23)22(16)20(9)28(21)37/h1-5,31-35H. The lowest BCUT2D eigenvalue weighted by atomic mass is 9.78. The molecule has 0 saturated heterocycles. The maximum absolute atomic E-state index is 14.0. The monoisotopic (exact) mass is 530 g/mol. The number of phenolic OH excluding ortho intramolecular Hbond substituents is 5. The van der Waals surface area contributed by atoms with Crippen LogP contribution in [-0.2, 0) is 0 Å². The van der Waals surface area contributed by atoms with Gasteiger partial charge in [-0.1, -0.05) is 0 Å². The first kappa shape index (κ1) is 21.1. The molecule has 0 fully saturated rings. The fourth-order valence-corrected chi connectivity index (χ4v) is 7.03. The Morgan fingerprint density at radius 2 is 0.750 bits per heavy atom. The van der Waals surface area contributed by atoms with Crippen molar-refractivity contribution in [2.75, 3.05) is 0 Å². The highest BCUT2D eigenvalue weighted by molar-refractivity contribution is 6.52. The van der Waals surface area contributed by atoms with Crippen LogP contribution >= 0.6 is 0 Å². The van der Waals surface area contributed by atoms with Gasteiger partial charge in [0.15, 0.2) is 5.43 Å². The highest BCUT2D eigenvalue weighted by Gasteiger charge is 2.33. The van der Waals surface area contributed by atoms with Crippen LogP contribution in [0.3, 0.4) is 0 Å². The Morgan fingerprint density at radius 1 is 0.375 bits per heavy atom. The van der Waals surface area contributed by atoms with Crippen LogP contribution in [0, 0.1) is 0 Å². The zero-order valence-corrected chi connectivity index (χ0v) is 19.7. The number of hydrogen-bond acceptors (Lipinski definition) is 10. The van der Waals surface area contributed by atoms with Crippen LogP contribution in [0.5, 0.6) is 28.7 Å². The summed E-state index contributed by atoms with van der Waals surface area (Å²) in [5.74, 6) is -2.80. The van der Waals surface area contributed by atoms with Gasteiger partial charge in [-0.3, -0.25) is 9.59 Å². The van der Waals surface area contributed by atoms with Gasteiger partial charge in [0.25, 0.3) is 0 Å². The zero-order chi connectivity index (χ0) is 27.7. The van der Waals surface area contributed by atoms with E-state index in [1.165, 1.54) is 12.1 Å². The quantitative estimate of drug-likeness (QED) is 0.143. The molecule has 1 aromatic heterocycles. The second kappa shape index (κ2) is 6.05. The van der Waals surface area contributed by atoms with Gasteiger partial charge in [0.2, 0.25) is 5.43 Å². The third kappa shape index (κ3) is 1.92. The molecule has 0 unspecified atom stereocenters. The minimum absolute atomic E-state index is 0.0116. The molecule has 0 bridgehead atoms. The fourth-order valence-electron chi connectivity index (χ4n) is 7.03. The summed E-state index contributed by atoms with van der Waals surface area (Å²) in [4.78, 5) is 54.1. The molecule has 0 aliphatic heterocycles. The van der Waals surface area contributed by atoms with Crippen molar-refractivity contribution >= 4 is 86.2 Å². The summed E-state index contributed by atoms with van der Waals surface area (Å²) in [6.45, 7) is 0. The van der Waals surface area contributed by atoms with E-state index in [1.807, 2.05) is 0 Å². The summed E-state index contributed by atoms with van der Waals surface area (Å²) in [6.07, 6.45) is 0. The van der Waals surface area contributed by atoms with Crippen molar-refractivity contribution in [2.45, 2.75) is 0 Å². The maximum Gasteiger partial charge on any atom is 0.346 e. The van der Waals surface area contributed by atoms with Crippen LogP contribution in [0.25, 0.3) is 86.2 Å². The molecule has 40 heavy (non-hydrogen) atoms. The van der Waals surface area contributed by atoms with E-state index in [-0.39, 0.29) is 86.2 Å². The molecule has 10 nitrogen and oxygen atoms in total. The van der Waals surface area contributed by atoms with Gasteiger partial charge in [-0.25, -0.2) is 9.59 Å². The first-order chi connectivity index (χ1) is 19.1. The first-order valence-electron chi connectivity index (χ1n) is 12.0. The highest BCUT2D eigenvalue weighted by atomic mass is 16.4. The van der Waals surface area contributed by atoms with E-state index in [0.717, 1.165) is 18.2 Å². The Balaban J connectivity index is 1.95. The highest BCUT2D eigenvalue weighted by Crippen LogP contribution is 2.56. The first-order valence-corrected chi connectivity index (χ1v) is 12.0. The maximum atomic E-state index is 14.0. The average Bonchev–Trinajstić information content (AvgIpc) is 3.00. The molecule has 0 aliphatic carbocycles. The molecule has 0 amide bonds.